The average Bonchev–Trinajstić information content (AvgIpc) is 2.95. The first-order valence-electron chi connectivity index (χ1n) is 9.80. The van der Waals surface area contributed by atoms with E-state index in [1.165, 1.54) is 44.6 Å². The fourth-order valence-electron chi connectivity index (χ4n) is 3.54. The molecule has 2 heterocycles. The summed E-state index contributed by atoms with van der Waals surface area (Å²) in [5, 5.41) is 11.4. The van der Waals surface area contributed by atoms with Gasteiger partial charge in [0.05, 0.1) is 5.69 Å². The van der Waals surface area contributed by atoms with E-state index in [2.05, 4.69) is 50.2 Å². The monoisotopic (exact) mass is 476 g/mol. The summed E-state index contributed by atoms with van der Waals surface area (Å²) >= 11 is 0. The molecule has 6 nitrogen and oxygen atoms in total. The third-order valence-electron chi connectivity index (χ3n) is 5.17. The molecule has 0 unspecified atom stereocenters. The van der Waals surface area contributed by atoms with Crippen molar-refractivity contribution in [2.24, 2.45) is 10.9 Å². The van der Waals surface area contributed by atoms with Gasteiger partial charge in [0.2, 0.25) is 0 Å². The summed E-state index contributed by atoms with van der Waals surface area (Å²) in [6.07, 6.45) is 4.95. The third kappa shape index (κ3) is 7.82. The number of aliphatic imine (C=N–C) groups is 1. The van der Waals surface area contributed by atoms with Crippen LogP contribution in [0.4, 0.5) is 0 Å². The van der Waals surface area contributed by atoms with Crippen LogP contribution in [0.25, 0.3) is 0 Å². The van der Waals surface area contributed by atoms with Crippen LogP contribution in [0.5, 0.6) is 0 Å². The predicted octanol–water partition coefficient (Wildman–Crippen LogP) is 2.80. The van der Waals surface area contributed by atoms with E-state index in [9.17, 15) is 0 Å². The lowest BCUT2D eigenvalue weighted by Crippen LogP contribution is -2.40. The standard InChI is InChI=1S/C19H36N6.HI/c1-5-24-13-8-18(9-14-24)7-11-22-19(20-4)21-10-6-12-25-17(3)15-16(2)23-25;/h15,18H,5-14H2,1-4H3,(H2,20,21,22);1H. The van der Waals surface area contributed by atoms with Gasteiger partial charge in [-0.2, -0.15) is 5.10 Å². The quantitative estimate of drug-likeness (QED) is 0.262. The second-order valence-electron chi connectivity index (χ2n) is 7.10. The third-order valence-corrected chi connectivity index (χ3v) is 5.17. The Hall–Kier alpha value is -0.830. The normalized spacial score (nSPS) is 16.4. The molecule has 1 aliphatic rings. The van der Waals surface area contributed by atoms with Crippen molar-refractivity contribution in [1.82, 2.24) is 25.3 Å². The number of likely N-dealkylation sites (tertiary alicyclic amines) is 1. The van der Waals surface area contributed by atoms with Crippen molar-refractivity contribution in [2.75, 3.05) is 39.8 Å². The number of nitrogens with one attached hydrogen (secondary N) is 2. The van der Waals surface area contributed by atoms with Gasteiger partial charge in [-0.1, -0.05) is 6.92 Å². The van der Waals surface area contributed by atoms with Gasteiger partial charge < -0.3 is 15.5 Å². The fourth-order valence-corrected chi connectivity index (χ4v) is 3.54. The number of piperidine rings is 1. The Morgan fingerprint density at radius 3 is 2.50 bits per heavy atom. The van der Waals surface area contributed by atoms with Gasteiger partial charge in [-0.3, -0.25) is 9.67 Å². The highest BCUT2D eigenvalue weighted by atomic mass is 127. The summed E-state index contributed by atoms with van der Waals surface area (Å²) in [4.78, 5) is 6.87. The molecule has 0 spiro atoms. The van der Waals surface area contributed by atoms with Gasteiger partial charge in [-0.15, -0.1) is 24.0 Å². The maximum atomic E-state index is 4.50. The van der Waals surface area contributed by atoms with Crippen LogP contribution < -0.4 is 10.6 Å². The zero-order chi connectivity index (χ0) is 18.1. The van der Waals surface area contributed by atoms with Crippen LogP contribution >= 0.6 is 24.0 Å². The molecule has 1 saturated heterocycles. The molecule has 0 atom stereocenters. The Kier molecular flexibility index (Phi) is 11.2. The highest BCUT2D eigenvalue weighted by Crippen LogP contribution is 2.19. The number of aryl methyl sites for hydroxylation is 3. The molecule has 1 fully saturated rings. The predicted molar refractivity (Wildman–Crippen MR) is 121 cm³/mol. The Labute approximate surface area is 176 Å². The number of aromatic nitrogens is 2. The Morgan fingerprint density at radius 1 is 1.23 bits per heavy atom. The molecule has 150 valence electrons. The number of halogens is 1. The highest BCUT2D eigenvalue weighted by Gasteiger charge is 2.17. The maximum Gasteiger partial charge on any atom is 0.190 e. The molecular weight excluding hydrogens is 439 g/mol. The summed E-state index contributed by atoms with van der Waals surface area (Å²) in [6.45, 7) is 13.0. The van der Waals surface area contributed by atoms with Crippen molar-refractivity contribution in [2.45, 2.75) is 53.0 Å². The minimum atomic E-state index is 0. The van der Waals surface area contributed by atoms with E-state index in [0.717, 1.165) is 43.6 Å². The topological polar surface area (TPSA) is 57.5 Å². The molecule has 0 radical (unpaired) electrons. The van der Waals surface area contributed by atoms with E-state index >= 15 is 0 Å². The molecule has 0 amide bonds. The van der Waals surface area contributed by atoms with Crippen molar-refractivity contribution < 1.29 is 0 Å². The van der Waals surface area contributed by atoms with E-state index in [4.69, 9.17) is 0 Å². The zero-order valence-corrected chi connectivity index (χ0v) is 19.3. The largest absolute Gasteiger partial charge is 0.356 e. The van der Waals surface area contributed by atoms with Crippen LogP contribution in [0.1, 0.15) is 44.0 Å². The van der Waals surface area contributed by atoms with E-state index in [0.29, 0.717) is 0 Å². The van der Waals surface area contributed by atoms with Crippen molar-refractivity contribution >= 4 is 29.9 Å². The number of nitrogens with zero attached hydrogens (tertiary/aromatic N) is 4. The molecule has 2 N–H and O–H groups in total. The summed E-state index contributed by atoms with van der Waals surface area (Å²) < 4.78 is 2.08. The molecule has 1 aliphatic heterocycles. The average molecular weight is 476 g/mol. The second kappa shape index (κ2) is 12.5. The molecule has 0 saturated carbocycles. The van der Waals surface area contributed by atoms with Crippen LogP contribution in [0.15, 0.2) is 11.1 Å². The highest BCUT2D eigenvalue weighted by molar-refractivity contribution is 14.0. The zero-order valence-electron chi connectivity index (χ0n) is 16.9. The maximum absolute atomic E-state index is 4.50. The van der Waals surface area contributed by atoms with Crippen LogP contribution in [0, 0.1) is 19.8 Å². The summed E-state index contributed by atoms with van der Waals surface area (Å²) in [5.74, 6) is 1.78. The Balaban J connectivity index is 0.00000338. The van der Waals surface area contributed by atoms with Gasteiger partial charge in [-0.05, 0) is 71.1 Å². The van der Waals surface area contributed by atoms with Crippen molar-refractivity contribution in [1.29, 1.82) is 0 Å². The minimum Gasteiger partial charge on any atom is -0.356 e. The smallest absolute Gasteiger partial charge is 0.190 e. The van der Waals surface area contributed by atoms with Gasteiger partial charge in [0.25, 0.3) is 0 Å². The lowest BCUT2D eigenvalue weighted by Gasteiger charge is -2.31. The molecule has 2 rings (SSSR count). The van der Waals surface area contributed by atoms with Crippen LogP contribution in [-0.2, 0) is 6.54 Å². The fraction of sp³-hybridized carbons (Fsp3) is 0.789. The summed E-state index contributed by atoms with van der Waals surface area (Å²) in [5.41, 5.74) is 2.32. The number of hydrogen-bond acceptors (Lipinski definition) is 3. The van der Waals surface area contributed by atoms with Gasteiger partial charge in [-0.25, -0.2) is 0 Å². The molecule has 26 heavy (non-hydrogen) atoms. The SMILES string of the molecule is CCN1CCC(CCNC(=NC)NCCCn2nc(C)cc2C)CC1.I. The Bertz CT molecular complexity index is 534. The van der Waals surface area contributed by atoms with Gasteiger partial charge in [0, 0.05) is 32.4 Å². The molecular formula is C19H37IN6. The summed E-state index contributed by atoms with van der Waals surface area (Å²) in [7, 11) is 1.84. The van der Waals surface area contributed by atoms with E-state index in [1.54, 1.807) is 0 Å². The molecule has 0 bridgehead atoms. The first-order chi connectivity index (χ1) is 12.1. The van der Waals surface area contributed by atoms with E-state index < -0.39 is 0 Å². The molecule has 7 heteroatoms. The van der Waals surface area contributed by atoms with Gasteiger partial charge in [0.15, 0.2) is 5.96 Å². The molecule has 0 aromatic carbocycles. The first kappa shape index (κ1) is 23.2. The molecule has 0 aliphatic carbocycles. The molecule has 1 aromatic rings. The number of hydrogen-bond donors (Lipinski definition) is 2. The van der Waals surface area contributed by atoms with Crippen molar-refractivity contribution in [3.8, 4) is 0 Å². The van der Waals surface area contributed by atoms with Crippen LogP contribution in [0.3, 0.4) is 0 Å². The number of rotatable bonds is 8. The van der Waals surface area contributed by atoms with E-state index in [-0.39, 0.29) is 24.0 Å². The molecule has 1 aromatic heterocycles. The Morgan fingerprint density at radius 2 is 1.92 bits per heavy atom. The minimum absolute atomic E-state index is 0. The lowest BCUT2D eigenvalue weighted by atomic mass is 9.93. The number of guanidine groups is 1. The lowest BCUT2D eigenvalue weighted by molar-refractivity contribution is 0.187. The second-order valence-corrected chi connectivity index (χ2v) is 7.10. The van der Waals surface area contributed by atoms with Crippen molar-refractivity contribution in [3.63, 3.8) is 0 Å². The van der Waals surface area contributed by atoms with E-state index in [1.807, 2.05) is 14.0 Å². The van der Waals surface area contributed by atoms with Gasteiger partial charge >= 0.3 is 0 Å². The van der Waals surface area contributed by atoms with Gasteiger partial charge in [0.1, 0.15) is 0 Å². The van der Waals surface area contributed by atoms with Crippen molar-refractivity contribution in [3.05, 3.63) is 17.5 Å². The van der Waals surface area contributed by atoms with Crippen LogP contribution in [0.2, 0.25) is 0 Å². The summed E-state index contributed by atoms with van der Waals surface area (Å²) in [6, 6.07) is 2.12. The van der Waals surface area contributed by atoms with Crippen LogP contribution in [-0.4, -0.2) is 60.4 Å². The first-order valence-corrected chi connectivity index (χ1v) is 9.80.